The van der Waals surface area contributed by atoms with Crippen LogP contribution in [0.15, 0.2) is 52.1 Å². The molecule has 1 aliphatic carbocycles. The number of anilines is 3. The van der Waals surface area contributed by atoms with Crippen LogP contribution >= 0.6 is 22.6 Å². The molecule has 5 rings (SSSR count). The predicted molar refractivity (Wildman–Crippen MR) is 151 cm³/mol. The van der Waals surface area contributed by atoms with Crippen molar-refractivity contribution in [1.29, 1.82) is 0 Å². The summed E-state index contributed by atoms with van der Waals surface area (Å²) in [5, 5.41) is 5.47. The SMILES string of the molecule is Cn1c(=O)c(F)c(Nc2ccc(I)cc2F)c2c(=O)n(CC(F)F)nc(-c3cccc(NS(=O)(=O)C4CC4)c3)c21. The van der Waals surface area contributed by atoms with Crippen molar-refractivity contribution in [3.05, 3.63) is 78.4 Å². The van der Waals surface area contributed by atoms with Crippen LogP contribution < -0.4 is 21.2 Å². The number of halogens is 5. The summed E-state index contributed by atoms with van der Waals surface area (Å²) >= 11 is 1.86. The molecule has 4 aromatic rings. The predicted octanol–water partition coefficient (Wildman–Crippen LogP) is 4.56. The molecule has 2 N–H and O–H groups in total. The van der Waals surface area contributed by atoms with E-state index in [0.29, 0.717) is 21.1 Å². The topological polar surface area (TPSA) is 115 Å². The maximum absolute atomic E-state index is 15.4. The van der Waals surface area contributed by atoms with Gasteiger partial charge in [0, 0.05) is 21.9 Å². The Bertz CT molecular complexity index is 1890. The Balaban J connectivity index is 1.79. The Hall–Kier alpha value is -3.47. The number of hydrogen-bond donors (Lipinski definition) is 2. The highest BCUT2D eigenvalue weighted by molar-refractivity contribution is 14.1. The third-order valence-corrected chi connectivity index (χ3v) is 8.83. The van der Waals surface area contributed by atoms with Crippen molar-refractivity contribution in [3.63, 3.8) is 0 Å². The van der Waals surface area contributed by atoms with Crippen molar-refractivity contribution in [2.24, 2.45) is 7.05 Å². The van der Waals surface area contributed by atoms with Crippen LogP contribution in [0, 0.1) is 15.2 Å². The van der Waals surface area contributed by atoms with E-state index in [1.54, 1.807) is 0 Å². The number of alkyl halides is 2. The smallest absolute Gasteiger partial charge is 0.289 e. The van der Waals surface area contributed by atoms with Crippen LogP contribution in [0.4, 0.5) is 34.6 Å². The molecule has 15 heteroatoms. The average Bonchev–Trinajstić information content (AvgIpc) is 3.74. The Morgan fingerprint density at radius 1 is 1.10 bits per heavy atom. The fourth-order valence-corrected chi connectivity index (χ4v) is 6.06. The van der Waals surface area contributed by atoms with Gasteiger partial charge in [0.1, 0.15) is 18.1 Å². The molecule has 0 unspecified atom stereocenters. The average molecular weight is 689 g/mol. The van der Waals surface area contributed by atoms with Gasteiger partial charge in [0.15, 0.2) is 0 Å². The Labute approximate surface area is 238 Å². The molecule has 2 heterocycles. The van der Waals surface area contributed by atoms with E-state index >= 15 is 4.39 Å². The number of rotatable bonds is 8. The van der Waals surface area contributed by atoms with Gasteiger partial charge in [-0.15, -0.1) is 0 Å². The van der Waals surface area contributed by atoms with Gasteiger partial charge in [-0.3, -0.25) is 14.3 Å². The summed E-state index contributed by atoms with van der Waals surface area (Å²) in [6, 6.07) is 9.68. The highest BCUT2D eigenvalue weighted by Crippen LogP contribution is 2.34. The summed E-state index contributed by atoms with van der Waals surface area (Å²) in [5.41, 5.74) is -3.42. The molecule has 0 atom stereocenters. The molecule has 0 bridgehead atoms. The lowest BCUT2D eigenvalue weighted by atomic mass is 10.1. The summed E-state index contributed by atoms with van der Waals surface area (Å²) in [6.07, 6.45) is -1.98. The van der Waals surface area contributed by atoms with Gasteiger partial charge < -0.3 is 9.88 Å². The monoisotopic (exact) mass is 689 g/mol. The zero-order valence-electron chi connectivity index (χ0n) is 20.6. The quantitative estimate of drug-likeness (QED) is 0.207. The van der Waals surface area contributed by atoms with Crippen LogP contribution in [0.3, 0.4) is 0 Å². The lowest BCUT2D eigenvalue weighted by molar-refractivity contribution is 0.120. The molecule has 0 aliphatic heterocycles. The van der Waals surface area contributed by atoms with Crippen LogP contribution in [-0.2, 0) is 23.6 Å². The van der Waals surface area contributed by atoms with Crippen molar-refractivity contribution in [3.8, 4) is 11.3 Å². The first kappa shape index (κ1) is 28.1. The largest absolute Gasteiger partial charge is 0.350 e. The zero-order chi connectivity index (χ0) is 28.9. The lowest BCUT2D eigenvalue weighted by Crippen LogP contribution is -2.32. The van der Waals surface area contributed by atoms with Gasteiger partial charge in [-0.2, -0.15) is 9.49 Å². The van der Waals surface area contributed by atoms with E-state index in [2.05, 4.69) is 15.1 Å². The number of nitrogens with one attached hydrogen (secondary N) is 2. The number of sulfonamides is 1. The summed E-state index contributed by atoms with van der Waals surface area (Å²) in [4.78, 5) is 26.3. The maximum Gasteiger partial charge on any atom is 0.289 e. The molecule has 210 valence electrons. The summed E-state index contributed by atoms with van der Waals surface area (Å²) < 4.78 is 86.1. The molecule has 1 fully saturated rings. The fourth-order valence-electron chi connectivity index (χ4n) is 4.23. The highest BCUT2D eigenvalue weighted by Gasteiger charge is 2.35. The fraction of sp³-hybridized carbons (Fsp3) is 0.240. The molecule has 9 nitrogen and oxygen atoms in total. The third-order valence-electron chi connectivity index (χ3n) is 6.29. The minimum absolute atomic E-state index is 0.136. The number of pyridine rings is 1. The van der Waals surface area contributed by atoms with E-state index in [0.717, 1.165) is 10.6 Å². The van der Waals surface area contributed by atoms with Crippen LogP contribution in [0.2, 0.25) is 0 Å². The first-order valence-corrected chi connectivity index (χ1v) is 14.5. The van der Waals surface area contributed by atoms with E-state index in [9.17, 15) is 31.2 Å². The number of nitrogens with zero attached hydrogens (tertiary/aromatic N) is 3. The molecule has 1 aliphatic rings. The van der Waals surface area contributed by atoms with E-state index in [1.165, 1.54) is 43.4 Å². The minimum atomic E-state index is -3.66. The normalized spacial score (nSPS) is 13.7. The van der Waals surface area contributed by atoms with Crippen LogP contribution in [0.5, 0.6) is 0 Å². The van der Waals surface area contributed by atoms with Gasteiger partial charge in [0.2, 0.25) is 15.8 Å². The van der Waals surface area contributed by atoms with Crippen molar-refractivity contribution < 1.29 is 26.0 Å². The Morgan fingerprint density at radius 2 is 1.82 bits per heavy atom. The maximum atomic E-state index is 15.4. The Morgan fingerprint density at radius 3 is 2.48 bits per heavy atom. The summed E-state index contributed by atoms with van der Waals surface area (Å²) in [7, 11) is -2.49. The van der Waals surface area contributed by atoms with E-state index in [1.807, 2.05) is 22.6 Å². The molecule has 2 aromatic heterocycles. The van der Waals surface area contributed by atoms with Gasteiger partial charge in [0.05, 0.1) is 27.5 Å². The van der Waals surface area contributed by atoms with Crippen LogP contribution in [0.25, 0.3) is 22.2 Å². The first-order chi connectivity index (χ1) is 18.9. The highest BCUT2D eigenvalue weighted by atomic mass is 127. The molecule has 40 heavy (non-hydrogen) atoms. The molecule has 0 spiro atoms. The standard InChI is InChI=1S/C25H20F4IN5O4S/c1-34-23-19(22(20(29)25(34)37)31-17-8-5-13(30)10-16(17)26)24(36)35(11-18(27)28)32-21(23)12-3-2-4-14(9-12)33-40(38,39)15-6-7-15/h2-5,8-10,15,18,31,33H,6-7,11H2,1H3. The van der Waals surface area contributed by atoms with E-state index in [-0.39, 0.29) is 28.1 Å². The van der Waals surface area contributed by atoms with Crippen molar-refractivity contribution >= 4 is 60.6 Å². The van der Waals surface area contributed by atoms with Gasteiger partial charge in [0.25, 0.3) is 17.5 Å². The zero-order valence-corrected chi connectivity index (χ0v) is 23.6. The molecular weight excluding hydrogens is 669 g/mol. The van der Waals surface area contributed by atoms with Gasteiger partial charge in [-0.1, -0.05) is 12.1 Å². The molecular formula is C25H20F4IN5O4S. The third kappa shape index (κ3) is 5.31. The van der Waals surface area contributed by atoms with Crippen LogP contribution in [0.1, 0.15) is 12.8 Å². The second kappa shape index (κ2) is 10.5. The van der Waals surface area contributed by atoms with Gasteiger partial charge in [-0.25, -0.2) is 26.3 Å². The first-order valence-electron chi connectivity index (χ1n) is 11.8. The van der Waals surface area contributed by atoms with Gasteiger partial charge >= 0.3 is 0 Å². The summed E-state index contributed by atoms with van der Waals surface area (Å²) in [5.74, 6) is -2.24. The number of aryl methyl sites for hydroxylation is 1. The Kier molecular flexibility index (Phi) is 7.37. The number of fused-ring (bicyclic) bond motifs is 1. The lowest BCUT2D eigenvalue weighted by Gasteiger charge is -2.18. The van der Waals surface area contributed by atoms with E-state index < -0.39 is 62.1 Å². The second-order valence-electron chi connectivity index (χ2n) is 9.18. The number of aromatic nitrogens is 3. The van der Waals surface area contributed by atoms with Crippen LogP contribution in [-0.4, -0.2) is 34.4 Å². The molecule has 0 amide bonds. The number of hydrogen-bond acceptors (Lipinski definition) is 6. The molecule has 0 saturated heterocycles. The van der Waals surface area contributed by atoms with E-state index in [4.69, 9.17) is 0 Å². The summed E-state index contributed by atoms with van der Waals surface area (Å²) in [6.45, 7) is -1.16. The minimum Gasteiger partial charge on any atom is -0.350 e. The number of benzene rings is 2. The van der Waals surface area contributed by atoms with Gasteiger partial charge in [-0.05, 0) is 65.8 Å². The molecule has 0 radical (unpaired) electrons. The molecule has 1 saturated carbocycles. The van der Waals surface area contributed by atoms with Crippen molar-refractivity contribution in [2.75, 3.05) is 10.0 Å². The molecule has 2 aromatic carbocycles. The second-order valence-corrected chi connectivity index (χ2v) is 12.4. The van der Waals surface area contributed by atoms with Crippen molar-refractivity contribution in [1.82, 2.24) is 14.3 Å². The van der Waals surface area contributed by atoms with Crippen molar-refractivity contribution in [2.45, 2.75) is 31.1 Å².